The van der Waals surface area contributed by atoms with Crippen LogP contribution in [-0.2, 0) is 9.47 Å². The molecule has 1 fully saturated rings. The second-order valence-corrected chi connectivity index (χ2v) is 4.53. The minimum Gasteiger partial charge on any atom is -0.454 e. The Balaban J connectivity index is 1.97. The van der Waals surface area contributed by atoms with Crippen LogP contribution in [0.15, 0.2) is 21.2 Å². The first-order valence-corrected chi connectivity index (χ1v) is 5.99. The second-order valence-electron chi connectivity index (χ2n) is 3.75. The molecule has 16 heavy (non-hydrogen) atoms. The summed E-state index contributed by atoms with van der Waals surface area (Å²) >= 11 is 3.14. The number of hydrogen-bond acceptors (Lipinski definition) is 4. The fourth-order valence-corrected chi connectivity index (χ4v) is 2.22. The van der Waals surface area contributed by atoms with Crippen molar-refractivity contribution in [2.45, 2.75) is 31.5 Å². The van der Waals surface area contributed by atoms with Crippen LogP contribution in [0.25, 0.3) is 0 Å². The monoisotopic (exact) mass is 288 g/mol. The van der Waals surface area contributed by atoms with Gasteiger partial charge >= 0.3 is 5.97 Å². The van der Waals surface area contributed by atoms with Gasteiger partial charge in [0.25, 0.3) is 0 Å². The number of esters is 1. The second kappa shape index (κ2) is 5.01. The molecule has 0 spiro atoms. The molecular weight excluding hydrogens is 276 g/mol. The van der Waals surface area contributed by atoms with E-state index in [1.165, 1.54) is 0 Å². The minimum atomic E-state index is -0.431. The van der Waals surface area contributed by atoms with E-state index in [-0.39, 0.29) is 18.0 Å². The Morgan fingerprint density at radius 3 is 2.81 bits per heavy atom. The lowest BCUT2D eigenvalue weighted by Crippen LogP contribution is -2.27. The average Bonchev–Trinajstić information content (AvgIpc) is 2.86. The highest BCUT2D eigenvalue weighted by Gasteiger charge is 2.31. The Labute approximate surface area is 102 Å². The van der Waals surface area contributed by atoms with Crippen molar-refractivity contribution in [2.75, 3.05) is 7.11 Å². The number of carbonyl (C=O) groups is 1. The van der Waals surface area contributed by atoms with Crippen LogP contribution < -0.4 is 0 Å². The van der Waals surface area contributed by atoms with Crippen molar-refractivity contribution in [1.82, 2.24) is 0 Å². The van der Waals surface area contributed by atoms with Crippen molar-refractivity contribution in [1.29, 1.82) is 0 Å². The molecule has 1 heterocycles. The van der Waals surface area contributed by atoms with E-state index in [4.69, 9.17) is 13.9 Å². The maximum absolute atomic E-state index is 11.7. The summed E-state index contributed by atoms with van der Waals surface area (Å²) in [4.78, 5) is 11.7. The lowest BCUT2D eigenvalue weighted by molar-refractivity contribution is -0.0227. The van der Waals surface area contributed by atoms with E-state index in [1.54, 1.807) is 19.2 Å². The predicted octanol–water partition coefficient (Wildman–Crippen LogP) is 2.77. The van der Waals surface area contributed by atoms with Crippen molar-refractivity contribution < 1.29 is 18.7 Å². The Bertz CT molecular complexity index is 374. The zero-order valence-electron chi connectivity index (χ0n) is 8.94. The van der Waals surface area contributed by atoms with Gasteiger partial charge in [-0.3, -0.25) is 0 Å². The molecule has 0 saturated heterocycles. The third-order valence-corrected chi connectivity index (χ3v) is 3.15. The van der Waals surface area contributed by atoms with Gasteiger partial charge in [0.2, 0.25) is 5.76 Å². The highest BCUT2D eigenvalue weighted by molar-refractivity contribution is 9.10. The molecule has 0 aliphatic heterocycles. The van der Waals surface area contributed by atoms with Crippen molar-refractivity contribution in [3.05, 3.63) is 22.6 Å². The largest absolute Gasteiger partial charge is 0.454 e. The number of hydrogen-bond donors (Lipinski definition) is 0. The van der Waals surface area contributed by atoms with E-state index >= 15 is 0 Å². The SMILES string of the molecule is COC1CCCC1OC(=O)c1ccc(Br)o1. The van der Waals surface area contributed by atoms with E-state index in [0.29, 0.717) is 4.67 Å². The van der Waals surface area contributed by atoms with Gasteiger partial charge in [0.1, 0.15) is 6.10 Å². The van der Waals surface area contributed by atoms with E-state index in [0.717, 1.165) is 19.3 Å². The highest BCUT2D eigenvalue weighted by Crippen LogP contribution is 2.25. The Morgan fingerprint density at radius 1 is 1.44 bits per heavy atom. The number of furan rings is 1. The number of rotatable bonds is 3. The molecule has 2 unspecified atom stereocenters. The Hall–Kier alpha value is -0.810. The summed E-state index contributed by atoms with van der Waals surface area (Å²) in [6, 6.07) is 3.25. The summed E-state index contributed by atoms with van der Waals surface area (Å²) < 4.78 is 16.2. The van der Waals surface area contributed by atoms with Gasteiger partial charge in [0, 0.05) is 7.11 Å². The zero-order valence-corrected chi connectivity index (χ0v) is 10.5. The van der Waals surface area contributed by atoms with Crippen molar-refractivity contribution in [3.63, 3.8) is 0 Å². The number of methoxy groups -OCH3 is 1. The first-order chi connectivity index (χ1) is 7.70. The third kappa shape index (κ3) is 2.47. The van der Waals surface area contributed by atoms with E-state index in [1.807, 2.05) is 0 Å². The average molecular weight is 289 g/mol. The molecule has 1 aliphatic carbocycles. The predicted molar refractivity (Wildman–Crippen MR) is 60.3 cm³/mol. The lowest BCUT2D eigenvalue weighted by Gasteiger charge is -2.17. The molecule has 2 atom stereocenters. The van der Waals surface area contributed by atoms with E-state index in [2.05, 4.69) is 15.9 Å². The van der Waals surface area contributed by atoms with Crippen LogP contribution in [0.5, 0.6) is 0 Å². The molecule has 1 aliphatic rings. The number of halogens is 1. The van der Waals surface area contributed by atoms with E-state index in [9.17, 15) is 4.79 Å². The first kappa shape index (κ1) is 11.7. The van der Waals surface area contributed by atoms with Gasteiger partial charge in [-0.15, -0.1) is 0 Å². The van der Waals surface area contributed by atoms with Crippen LogP contribution in [0.2, 0.25) is 0 Å². The van der Waals surface area contributed by atoms with Gasteiger partial charge in [0.05, 0.1) is 6.10 Å². The van der Waals surface area contributed by atoms with Gasteiger partial charge in [-0.1, -0.05) is 0 Å². The molecule has 1 saturated carbocycles. The van der Waals surface area contributed by atoms with Crippen molar-refractivity contribution >= 4 is 21.9 Å². The van der Waals surface area contributed by atoms with E-state index < -0.39 is 5.97 Å². The smallest absolute Gasteiger partial charge is 0.374 e. The molecule has 2 rings (SSSR count). The Morgan fingerprint density at radius 2 is 2.19 bits per heavy atom. The van der Waals surface area contributed by atoms with Crippen LogP contribution in [0.1, 0.15) is 29.8 Å². The maximum Gasteiger partial charge on any atom is 0.374 e. The van der Waals surface area contributed by atoms with Gasteiger partial charge in [-0.05, 0) is 47.3 Å². The summed E-state index contributed by atoms with van der Waals surface area (Å²) in [5, 5.41) is 0. The molecule has 0 amide bonds. The molecule has 88 valence electrons. The number of carbonyl (C=O) groups excluding carboxylic acids is 1. The van der Waals surface area contributed by atoms with Gasteiger partial charge in [-0.2, -0.15) is 0 Å². The summed E-state index contributed by atoms with van der Waals surface area (Å²) in [5.41, 5.74) is 0. The number of ether oxygens (including phenoxy) is 2. The summed E-state index contributed by atoms with van der Waals surface area (Å²) in [6.45, 7) is 0. The standard InChI is InChI=1S/C11H13BrO4/c1-14-7-3-2-4-8(7)16-11(13)9-5-6-10(12)15-9/h5-8H,2-4H2,1H3. The normalized spacial score (nSPS) is 24.6. The van der Waals surface area contributed by atoms with Crippen LogP contribution in [0.4, 0.5) is 0 Å². The van der Waals surface area contributed by atoms with Crippen LogP contribution in [0, 0.1) is 0 Å². The highest BCUT2D eigenvalue weighted by atomic mass is 79.9. The van der Waals surface area contributed by atoms with Crippen LogP contribution in [0.3, 0.4) is 0 Å². The molecule has 0 aromatic carbocycles. The molecular formula is C11H13BrO4. The fraction of sp³-hybridized carbons (Fsp3) is 0.545. The third-order valence-electron chi connectivity index (χ3n) is 2.73. The Kier molecular flexibility index (Phi) is 3.66. The quantitative estimate of drug-likeness (QED) is 0.803. The van der Waals surface area contributed by atoms with Crippen LogP contribution >= 0.6 is 15.9 Å². The summed E-state index contributed by atoms with van der Waals surface area (Å²) in [6.07, 6.45) is 2.68. The molecule has 1 aromatic heterocycles. The maximum atomic E-state index is 11.7. The molecule has 4 nitrogen and oxygen atoms in total. The first-order valence-electron chi connectivity index (χ1n) is 5.20. The fourth-order valence-electron chi connectivity index (χ4n) is 1.92. The molecule has 0 N–H and O–H groups in total. The topological polar surface area (TPSA) is 48.7 Å². The molecule has 1 aromatic rings. The zero-order chi connectivity index (χ0) is 11.5. The van der Waals surface area contributed by atoms with Gasteiger partial charge in [-0.25, -0.2) is 4.79 Å². The molecule has 0 bridgehead atoms. The van der Waals surface area contributed by atoms with Crippen molar-refractivity contribution in [2.24, 2.45) is 0 Å². The van der Waals surface area contributed by atoms with Crippen LogP contribution in [-0.4, -0.2) is 25.3 Å². The minimum absolute atomic E-state index is 0.0161. The molecule has 0 radical (unpaired) electrons. The molecule has 5 heteroatoms. The summed E-state index contributed by atoms with van der Waals surface area (Å²) in [5.74, 6) is -0.215. The van der Waals surface area contributed by atoms with Gasteiger partial charge < -0.3 is 13.9 Å². The van der Waals surface area contributed by atoms with Crippen molar-refractivity contribution in [3.8, 4) is 0 Å². The summed E-state index contributed by atoms with van der Waals surface area (Å²) in [7, 11) is 1.64. The van der Waals surface area contributed by atoms with Gasteiger partial charge in [0.15, 0.2) is 4.67 Å². The lowest BCUT2D eigenvalue weighted by atomic mass is 10.2.